The van der Waals surface area contributed by atoms with Crippen LogP contribution < -0.4 is 0 Å². The third-order valence-corrected chi connectivity index (χ3v) is 6.16. The number of hydrogen-bond acceptors (Lipinski definition) is 3. The summed E-state index contributed by atoms with van der Waals surface area (Å²) in [6, 6.07) is 5.59. The van der Waals surface area contributed by atoms with Crippen molar-refractivity contribution in [2.24, 2.45) is 5.92 Å². The van der Waals surface area contributed by atoms with Gasteiger partial charge in [-0.3, -0.25) is 0 Å². The molecular weight excluding hydrogens is 296 g/mol. The van der Waals surface area contributed by atoms with E-state index in [9.17, 15) is 13.5 Å². The molecule has 0 aliphatic heterocycles. The van der Waals surface area contributed by atoms with Gasteiger partial charge in [-0.05, 0) is 49.3 Å². The number of aliphatic hydroxyl groups is 1. The zero-order valence-corrected chi connectivity index (χ0v) is 13.4. The van der Waals surface area contributed by atoms with Crippen molar-refractivity contribution in [2.75, 3.05) is 6.26 Å². The fraction of sp³-hybridized carbons (Fsp3) is 0.600. The lowest BCUT2D eigenvalue weighted by Gasteiger charge is -2.31. The molecule has 0 radical (unpaired) electrons. The highest BCUT2D eigenvalue weighted by atomic mass is 35.5. The topological polar surface area (TPSA) is 54.4 Å². The van der Waals surface area contributed by atoms with Gasteiger partial charge in [-0.2, -0.15) is 0 Å². The van der Waals surface area contributed by atoms with Gasteiger partial charge in [-0.25, -0.2) is 8.42 Å². The Balaban J connectivity index is 2.18. The van der Waals surface area contributed by atoms with Crippen LogP contribution in [0.4, 0.5) is 0 Å². The van der Waals surface area contributed by atoms with Gasteiger partial charge < -0.3 is 5.11 Å². The molecule has 0 amide bonds. The van der Waals surface area contributed by atoms with Crippen molar-refractivity contribution in [1.82, 2.24) is 0 Å². The molecule has 1 aliphatic rings. The monoisotopic (exact) mass is 316 g/mol. The number of rotatable bonds is 3. The number of benzene rings is 1. The van der Waals surface area contributed by atoms with Crippen LogP contribution in [0.15, 0.2) is 18.2 Å². The molecule has 0 spiro atoms. The molecule has 1 aromatic carbocycles. The Bertz CT molecular complexity index is 583. The van der Waals surface area contributed by atoms with E-state index in [1.807, 2.05) is 25.1 Å². The molecule has 0 saturated heterocycles. The van der Waals surface area contributed by atoms with E-state index in [1.165, 1.54) is 6.26 Å². The summed E-state index contributed by atoms with van der Waals surface area (Å²) in [6.07, 6.45) is 3.49. The van der Waals surface area contributed by atoms with Gasteiger partial charge in [0.05, 0.1) is 11.4 Å². The van der Waals surface area contributed by atoms with Crippen LogP contribution in [0.5, 0.6) is 0 Å². The van der Waals surface area contributed by atoms with Crippen LogP contribution in [0.2, 0.25) is 5.02 Å². The molecule has 5 heteroatoms. The maximum absolute atomic E-state index is 11.7. The molecule has 0 bridgehead atoms. The van der Waals surface area contributed by atoms with E-state index in [0.29, 0.717) is 23.4 Å². The Kier molecular flexibility index (Phi) is 4.77. The normalized spacial score (nSPS) is 25.4. The molecule has 112 valence electrons. The van der Waals surface area contributed by atoms with Crippen LogP contribution in [0.3, 0.4) is 0 Å². The predicted octanol–water partition coefficient (Wildman–Crippen LogP) is 3.29. The van der Waals surface area contributed by atoms with Gasteiger partial charge in [0.15, 0.2) is 0 Å². The molecule has 1 fully saturated rings. The van der Waals surface area contributed by atoms with E-state index in [-0.39, 0.29) is 11.2 Å². The zero-order valence-electron chi connectivity index (χ0n) is 11.8. The first-order valence-electron chi connectivity index (χ1n) is 6.92. The minimum absolute atomic E-state index is 0.0383. The standard InChI is InChI=1S/C15H21ClO3S/c1-10-6-7-13(14(16)8-10)15(17)11-4-3-5-12(9-11)20(2,18)19/h6-8,11-12,15,17H,3-5,9H2,1-2H3. The first-order valence-corrected chi connectivity index (χ1v) is 9.25. The summed E-state index contributed by atoms with van der Waals surface area (Å²) in [5.41, 5.74) is 1.75. The predicted molar refractivity (Wildman–Crippen MR) is 81.7 cm³/mol. The fourth-order valence-corrected chi connectivity index (χ4v) is 4.52. The molecule has 1 aromatic rings. The summed E-state index contributed by atoms with van der Waals surface area (Å²) in [6.45, 7) is 1.95. The van der Waals surface area contributed by atoms with Crippen LogP contribution in [0.1, 0.15) is 42.9 Å². The molecule has 1 saturated carbocycles. The van der Waals surface area contributed by atoms with Crippen LogP contribution >= 0.6 is 11.6 Å². The lowest BCUT2D eigenvalue weighted by Crippen LogP contribution is -2.30. The largest absolute Gasteiger partial charge is 0.388 e. The summed E-state index contributed by atoms with van der Waals surface area (Å²) >= 11 is 6.19. The van der Waals surface area contributed by atoms with E-state index in [0.717, 1.165) is 18.4 Å². The van der Waals surface area contributed by atoms with Gasteiger partial charge in [0.2, 0.25) is 0 Å². The fourth-order valence-electron chi connectivity index (χ4n) is 2.98. The number of hydrogen-bond donors (Lipinski definition) is 1. The third kappa shape index (κ3) is 3.54. The van der Waals surface area contributed by atoms with Crippen molar-refractivity contribution in [3.8, 4) is 0 Å². The van der Waals surface area contributed by atoms with Crippen molar-refractivity contribution < 1.29 is 13.5 Å². The van der Waals surface area contributed by atoms with Gasteiger partial charge in [0, 0.05) is 11.3 Å². The minimum atomic E-state index is -3.04. The number of sulfone groups is 1. The molecule has 0 heterocycles. The number of halogens is 1. The summed E-state index contributed by atoms with van der Waals surface area (Å²) in [4.78, 5) is 0. The summed E-state index contributed by atoms with van der Waals surface area (Å²) < 4.78 is 23.4. The van der Waals surface area contributed by atoms with Crippen molar-refractivity contribution in [1.29, 1.82) is 0 Å². The van der Waals surface area contributed by atoms with E-state index in [2.05, 4.69) is 0 Å². The minimum Gasteiger partial charge on any atom is -0.388 e. The zero-order chi connectivity index (χ0) is 14.9. The molecule has 1 N–H and O–H groups in total. The lowest BCUT2D eigenvalue weighted by molar-refractivity contribution is 0.0858. The Labute approximate surface area is 125 Å². The Hall–Kier alpha value is -0.580. The molecule has 3 atom stereocenters. The smallest absolute Gasteiger partial charge is 0.150 e. The second kappa shape index (κ2) is 6.04. The summed E-state index contributed by atoms with van der Waals surface area (Å²) in [5.74, 6) is -0.0383. The maximum atomic E-state index is 11.7. The Morgan fingerprint density at radius 1 is 1.35 bits per heavy atom. The van der Waals surface area contributed by atoms with Gasteiger partial charge in [-0.1, -0.05) is 30.2 Å². The second-order valence-corrected chi connectivity index (χ2v) is 8.58. The van der Waals surface area contributed by atoms with Crippen LogP contribution in [0.25, 0.3) is 0 Å². The van der Waals surface area contributed by atoms with E-state index in [1.54, 1.807) is 0 Å². The van der Waals surface area contributed by atoms with Gasteiger partial charge in [-0.15, -0.1) is 0 Å². The van der Waals surface area contributed by atoms with Crippen molar-refractivity contribution in [2.45, 2.75) is 44.0 Å². The Morgan fingerprint density at radius 3 is 2.65 bits per heavy atom. The SMILES string of the molecule is Cc1ccc(C(O)C2CCCC(S(C)(=O)=O)C2)c(Cl)c1. The number of aryl methyl sites for hydroxylation is 1. The van der Waals surface area contributed by atoms with Crippen molar-refractivity contribution >= 4 is 21.4 Å². The van der Waals surface area contributed by atoms with E-state index < -0.39 is 15.9 Å². The molecule has 2 rings (SSSR count). The molecular formula is C15H21ClO3S. The van der Waals surface area contributed by atoms with E-state index >= 15 is 0 Å². The Morgan fingerprint density at radius 2 is 2.05 bits per heavy atom. The van der Waals surface area contributed by atoms with Crippen LogP contribution in [-0.4, -0.2) is 25.0 Å². The molecule has 3 unspecified atom stereocenters. The molecule has 20 heavy (non-hydrogen) atoms. The van der Waals surface area contributed by atoms with Crippen LogP contribution in [0, 0.1) is 12.8 Å². The third-order valence-electron chi connectivity index (χ3n) is 4.19. The van der Waals surface area contributed by atoms with Crippen molar-refractivity contribution in [3.63, 3.8) is 0 Å². The van der Waals surface area contributed by atoms with Crippen molar-refractivity contribution in [3.05, 3.63) is 34.3 Å². The highest BCUT2D eigenvalue weighted by Crippen LogP contribution is 2.38. The quantitative estimate of drug-likeness (QED) is 0.931. The average Bonchev–Trinajstić information content (AvgIpc) is 2.37. The van der Waals surface area contributed by atoms with Gasteiger partial charge in [0.25, 0.3) is 0 Å². The van der Waals surface area contributed by atoms with Gasteiger partial charge >= 0.3 is 0 Å². The lowest BCUT2D eigenvalue weighted by atomic mass is 9.82. The van der Waals surface area contributed by atoms with Crippen LogP contribution in [-0.2, 0) is 9.84 Å². The number of aliphatic hydroxyl groups excluding tert-OH is 1. The summed E-state index contributed by atoms with van der Waals surface area (Å²) in [7, 11) is -3.04. The molecule has 0 aromatic heterocycles. The first-order chi connectivity index (χ1) is 9.29. The maximum Gasteiger partial charge on any atom is 0.150 e. The molecule has 1 aliphatic carbocycles. The molecule has 3 nitrogen and oxygen atoms in total. The highest BCUT2D eigenvalue weighted by Gasteiger charge is 2.33. The average molecular weight is 317 g/mol. The van der Waals surface area contributed by atoms with E-state index in [4.69, 9.17) is 11.6 Å². The summed E-state index contributed by atoms with van der Waals surface area (Å²) in [5, 5.41) is 10.7. The second-order valence-electron chi connectivity index (χ2n) is 5.85. The highest BCUT2D eigenvalue weighted by molar-refractivity contribution is 7.91. The first kappa shape index (κ1) is 15.8. The van der Waals surface area contributed by atoms with Gasteiger partial charge in [0.1, 0.15) is 9.84 Å².